The van der Waals surface area contributed by atoms with Crippen LogP contribution in [0.5, 0.6) is 11.5 Å². The van der Waals surface area contributed by atoms with Crippen LogP contribution in [0.4, 0.5) is 17.3 Å². The van der Waals surface area contributed by atoms with E-state index in [-0.39, 0.29) is 0 Å². The maximum atomic E-state index is 5.35. The summed E-state index contributed by atoms with van der Waals surface area (Å²) in [5.41, 5.74) is 0.813. The summed E-state index contributed by atoms with van der Waals surface area (Å²) < 4.78 is 10.5. The zero-order valence-corrected chi connectivity index (χ0v) is 12.0. The average molecular weight is 274 g/mol. The van der Waals surface area contributed by atoms with Crippen LogP contribution in [-0.4, -0.2) is 31.2 Å². The van der Waals surface area contributed by atoms with Crippen LogP contribution >= 0.6 is 0 Å². The first-order chi connectivity index (χ1) is 9.66. The Morgan fingerprint density at radius 2 is 1.75 bits per heavy atom. The topological polar surface area (TPSA) is 68.3 Å². The number of aryl methyl sites for hydroxylation is 1. The molecule has 1 aromatic carbocycles. The van der Waals surface area contributed by atoms with Crippen molar-refractivity contribution < 1.29 is 9.47 Å². The molecule has 1 heterocycles. The predicted molar refractivity (Wildman–Crippen MR) is 79.1 cm³/mol. The van der Waals surface area contributed by atoms with Crippen molar-refractivity contribution in [3.63, 3.8) is 0 Å². The highest BCUT2D eigenvalue weighted by molar-refractivity contribution is 5.67. The molecule has 6 heteroatoms. The molecule has 106 valence electrons. The first kappa shape index (κ1) is 13.9. The molecule has 0 radical (unpaired) electrons. The van der Waals surface area contributed by atoms with Crippen molar-refractivity contribution in [1.29, 1.82) is 0 Å². The van der Waals surface area contributed by atoms with Gasteiger partial charge in [0.05, 0.1) is 19.9 Å². The van der Waals surface area contributed by atoms with Gasteiger partial charge >= 0.3 is 0 Å². The van der Waals surface area contributed by atoms with E-state index in [0.717, 1.165) is 17.3 Å². The summed E-state index contributed by atoms with van der Waals surface area (Å²) in [6.45, 7) is 1.84. The zero-order valence-electron chi connectivity index (χ0n) is 12.0. The van der Waals surface area contributed by atoms with E-state index in [1.165, 1.54) is 0 Å². The minimum absolute atomic E-state index is 0.687. The molecule has 0 bridgehead atoms. The molecule has 0 amide bonds. The summed E-state index contributed by atoms with van der Waals surface area (Å²) in [5.74, 6) is 3.57. The summed E-state index contributed by atoms with van der Waals surface area (Å²) in [6, 6.07) is 7.39. The highest BCUT2D eigenvalue weighted by atomic mass is 16.5. The molecule has 0 fully saturated rings. The van der Waals surface area contributed by atoms with Crippen molar-refractivity contribution in [1.82, 2.24) is 9.97 Å². The maximum absolute atomic E-state index is 5.35. The number of anilines is 3. The van der Waals surface area contributed by atoms with Gasteiger partial charge in [-0.3, -0.25) is 0 Å². The third-order valence-electron chi connectivity index (χ3n) is 2.77. The van der Waals surface area contributed by atoms with E-state index in [2.05, 4.69) is 20.6 Å². The lowest BCUT2D eigenvalue weighted by Crippen LogP contribution is -2.02. The molecule has 6 nitrogen and oxygen atoms in total. The fourth-order valence-electron chi connectivity index (χ4n) is 1.80. The second-order valence-electron chi connectivity index (χ2n) is 4.13. The lowest BCUT2D eigenvalue weighted by molar-refractivity contribution is 0.395. The Bertz CT molecular complexity index is 602. The van der Waals surface area contributed by atoms with E-state index < -0.39 is 0 Å². The summed E-state index contributed by atoms with van der Waals surface area (Å²) in [6.07, 6.45) is 0. The molecule has 1 aromatic heterocycles. The molecule has 2 N–H and O–H groups in total. The quantitative estimate of drug-likeness (QED) is 0.873. The van der Waals surface area contributed by atoms with E-state index >= 15 is 0 Å². The van der Waals surface area contributed by atoms with Gasteiger partial charge in [0.2, 0.25) is 0 Å². The standard InChI is InChI=1S/C14H18N4O2/c1-9-16-13(15-2)8-14(17-9)18-11-6-5-10(19-3)7-12(11)20-4/h5-8H,1-4H3,(H2,15,16,17,18). The zero-order chi connectivity index (χ0) is 14.5. The summed E-state index contributed by atoms with van der Waals surface area (Å²) in [4.78, 5) is 8.60. The van der Waals surface area contributed by atoms with Gasteiger partial charge in [0.25, 0.3) is 0 Å². The van der Waals surface area contributed by atoms with Crippen molar-refractivity contribution in [3.8, 4) is 11.5 Å². The fraction of sp³-hybridized carbons (Fsp3) is 0.286. The van der Waals surface area contributed by atoms with Gasteiger partial charge < -0.3 is 20.1 Å². The number of methoxy groups -OCH3 is 2. The van der Waals surface area contributed by atoms with Gasteiger partial charge in [-0.15, -0.1) is 0 Å². The number of nitrogens with zero attached hydrogens (tertiary/aromatic N) is 2. The SMILES string of the molecule is CNc1cc(Nc2ccc(OC)cc2OC)nc(C)n1. The Morgan fingerprint density at radius 3 is 2.40 bits per heavy atom. The highest BCUT2D eigenvalue weighted by Gasteiger charge is 2.07. The third-order valence-corrected chi connectivity index (χ3v) is 2.77. The van der Waals surface area contributed by atoms with Gasteiger partial charge in [-0.05, 0) is 19.1 Å². The first-order valence-corrected chi connectivity index (χ1v) is 6.18. The first-order valence-electron chi connectivity index (χ1n) is 6.18. The number of aromatic nitrogens is 2. The molecule has 0 aliphatic carbocycles. The third kappa shape index (κ3) is 3.09. The Kier molecular flexibility index (Phi) is 4.24. The largest absolute Gasteiger partial charge is 0.497 e. The molecule has 20 heavy (non-hydrogen) atoms. The smallest absolute Gasteiger partial charge is 0.146 e. The minimum Gasteiger partial charge on any atom is -0.497 e. The van der Waals surface area contributed by atoms with Crippen LogP contribution in [-0.2, 0) is 0 Å². The van der Waals surface area contributed by atoms with Gasteiger partial charge in [0.1, 0.15) is 29.0 Å². The summed E-state index contributed by atoms with van der Waals surface area (Å²) >= 11 is 0. The van der Waals surface area contributed by atoms with Gasteiger partial charge in [0.15, 0.2) is 0 Å². The number of rotatable bonds is 5. The van der Waals surface area contributed by atoms with Crippen LogP contribution in [0.2, 0.25) is 0 Å². The summed E-state index contributed by atoms with van der Waals surface area (Å²) in [5, 5.41) is 6.22. The highest BCUT2D eigenvalue weighted by Crippen LogP contribution is 2.31. The molecule has 0 aliphatic heterocycles. The van der Waals surface area contributed by atoms with E-state index in [1.807, 2.05) is 38.2 Å². The second kappa shape index (κ2) is 6.10. The molecule has 0 saturated carbocycles. The van der Waals surface area contributed by atoms with Crippen molar-refractivity contribution in [3.05, 3.63) is 30.1 Å². The van der Waals surface area contributed by atoms with Gasteiger partial charge in [-0.25, -0.2) is 9.97 Å². The number of hydrogen-bond donors (Lipinski definition) is 2. The Labute approximate surface area is 118 Å². The molecule has 0 unspecified atom stereocenters. The maximum Gasteiger partial charge on any atom is 0.146 e. The van der Waals surface area contributed by atoms with Crippen LogP contribution in [0, 0.1) is 6.92 Å². The van der Waals surface area contributed by atoms with Crippen molar-refractivity contribution >= 4 is 17.3 Å². The van der Waals surface area contributed by atoms with Gasteiger partial charge in [-0.1, -0.05) is 0 Å². The van der Waals surface area contributed by atoms with E-state index in [0.29, 0.717) is 17.4 Å². The van der Waals surface area contributed by atoms with Gasteiger partial charge in [-0.2, -0.15) is 0 Å². The number of benzene rings is 1. The Balaban J connectivity index is 2.31. The molecule has 2 rings (SSSR count). The average Bonchev–Trinajstić information content (AvgIpc) is 2.47. The molecule has 0 atom stereocenters. The number of nitrogens with one attached hydrogen (secondary N) is 2. The number of hydrogen-bond acceptors (Lipinski definition) is 6. The Hall–Kier alpha value is -2.50. The Morgan fingerprint density at radius 1 is 1.00 bits per heavy atom. The molecule has 2 aromatic rings. The van der Waals surface area contributed by atoms with Crippen LogP contribution in [0.3, 0.4) is 0 Å². The van der Waals surface area contributed by atoms with E-state index in [4.69, 9.17) is 9.47 Å². The minimum atomic E-state index is 0.687. The van der Waals surface area contributed by atoms with Crippen LogP contribution in [0.1, 0.15) is 5.82 Å². The molecular formula is C14H18N4O2. The lowest BCUT2D eigenvalue weighted by atomic mass is 10.2. The monoisotopic (exact) mass is 274 g/mol. The van der Waals surface area contributed by atoms with Crippen molar-refractivity contribution in [2.45, 2.75) is 6.92 Å². The molecule has 0 spiro atoms. The van der Waals surface area contributed by atoms with Crippen LogP contribution in [0.25, 0.3) is 0 Å². The van der Waals surface area contributed by atoms with E-state index in [9.17, 15) is 0 Å². The molecule has 0 aliphatic rings. The van der Waals surface area contributed by atoms with Crippen LogP contribution in [0.15, 0.2) is 24.3 Å². The predicted octanol–water partition coefficient (Wildman–Crippen LogP) is 2.59. The number of ether oxygens (including phenoxy) is 2. The molecular weight excluding hydrogens is 256 g/mol. The van der Waals surface area contributed by atoms with Crippen LogP contribution < -0.4 is 20.1 Å². The molecule has 0 saturated heterocycles. The van der Waals surface area contributed by atoms with Gasteiger partial charge in [0, 0.05) is 19.2 Å². The van der Waals surface area contributed by atoms with Crippen molar-refractivity contribution in [2.75, 3.05) is 31.9 Å². The second-order valence-corrected chi connectivity index (χ2v) is 4.13. The van der Waals surface area contributed by atoms with E-state index in [1.54, 1.807) is 14.2 Å². The fourth-order valence-corrected chi connectivity index (χ4v) is 1.80. The lowest BCUT2D eigenvalue weighted by Gasteiger charge is -2.13. The van der Waals surface area contributed by atoms with Crippen molar-refractivity contribution in [2.24, 2.45) is 0 Å². The summed E-state index contributed by atoms with van der Waals surface area (Å²) in [7, 11) is 5.05. The normalized spacial score (nSPS) is 10.0.